The van der Waals surface area contributed by atoms with Crippen molar-refractivity contribution in [1.29, 1.82) is 0 Å². The molecule has 0 aliphatic carbocycles. The minimum atomic E-state index is -2.93. The van der Waals surface area contributed by atoms with E-state index in [1.165, 1.54) is 18.2 Å². The van der Waals surface area contributed by atoms with Gasteiger partial charge in [-0.05, 0) is 29.8 Å². The smallest absolute Gasteiger partial charge is 0.387 e. The van der Waals surface area contributed by atoms with Crippen LogP contribution < -0.4 is 20.3 Å². The van der Waals surface area contributed by atoms with Crippen molar-refractivity contribution in [2.45, 2.75) is 13.2 Å². The van der Waals surface area contributed by atoms with Crippen LogP contribution in [0.15, 0.2) is 54.6 Å². The molecule has 0 bridgehead atoms. The summed E-state index contributed by atoms with van der Waals surface area (Å²) in [4.78, 5) is 25.5. The van der Waals surface area contributed by atoms with Crippen LogP contribution in [-0.2, 0) is 16.1 Å². The summed E-state index contributed by atoms with van der Waals surface area (Å²) in [5, 5.41) is 5.53. The van der Waals surface area contributed by atoms with Gasteiger partial charge in [0.1, 0.15) is 5.75 Å². The fourth-order valence-corrected chi connectivity index (χ4v) is 2.92. The third-order valence-electron chi connectivity index (χ3n) is 4.36. The Morgan fingerprint density at radius 1 is 1.21 bits per heavy atom. The highest BCUT2D eigenvalue weighted by molar-refractivity contribution is 5.92. The van der Waals surface area contributed by atoms with Crippen LogP contribution >= 0.6 is 0 Å². The largest absolute Gasteiger partial charge is 0.434 e. The normalized spacial score (nSPS) is 14.2. The van der Waals surface area contributed by atoms with E-state index in [1.807, 2.05) is 29.2 Å². The van der Waals surface area contributed by atoms with Gasteiger partial charge in [-0.3, -0.25) is 9.59 Å². The first kappa shape index (κ1) is 20.3. The Morgan fingerprint density at radius 2 is 1.97 bits per heavy atom. The van der Waals surface area contributed by atoms with Crippen LogP contribution in [-0.4, -0.2) is 38.1 Å². The molecule has 8 heteroatoms. The van der Waals surface area contributed by atoms with Crippen LogP contribution in [0.2, 0.25) is 0 Å². The molecule has 0 spiro atoms. The zero-order valence-corrected chi connectivity index (χ0v) is 15.6. The molecule has 0 aromatic heterocycles. The van der Waals surface area contributed by atoms with E-state index in [9.17, 15) is 18.4 Å². The number of halogens is 2. The van der Waals surface area contributed by atoms with Crippen molar-refractivity contribution in [3.8, 4) is 5.75 Å². The zero-order valence-electron chi connectivity index (χ0n) is 15.6. The van der Waals surface area contributed by atoms with E-state index >= 15 is 0 Å². The van der Waals surface area contributed by atoms with Gasteiger partial charge < -0.3 is 20.3 Å². The van der Waals surface area contributed by atoms with Gasteiger partial charge in [-0.15, -0.1) is 0 Å². The average molecular weight is 401 g/mol. The predicted octanol–water partition coefficient (Wildman–Crippen LogP) is 2.55. The second-order valence-electron chi connectivity index (χ2n) is 6.41. The molecule has 1 fully saturated rings. The number of rotatable bonds is 7. The molecule has 152 valence electrons. The minimum Gasteiger partial charge on any atom is -0.434 e. The van der Waals surface area contributed by atoms with E-state index in [0.717, 1.165) is 17.8 Å². The molecule has 1 heterocycles. The lowest BCUT2D eigenvalue weighted by Gasteiger charge is -2.28. The Balaban J connectivity index is 1.53. The van der Waals surface area contributed by atoms with Crippen LogP contribution in [0.5, 0.6) is 5.75 Å². The monoisotopic (exact) mass is 401 g/mol. The third-order valence-corrected chi connectivity index (χ3v) is 4.36. The van der Waals surface area contributed by atoms with Gasteiger partial charge in [-0.2, -0.15) is 8.78 Å². The van der Waals surface area contributed by atoms with Crippen molar-refractivity contribution in [1.82, 2.24) is 10.6 Å². The van der Waals surface area contributed by atoms with Gasteiger partial charge in [0.2, 0.25) is 11.8 Å². The van der Waals surface area contributed by atoms with Crippen LogP contribution in [0, 0.1) is 0 Å². The summed E-state index contributed by atoms with van der Waals surface area (Å²) >= 11 is 0. The molecule has 29 heavy (non-hydrogen) atoms. The number of carbonyl (C=O) groups is 2. The number of ether oxygens (including phenoxy) is 1. The molecule has 0 saturated carbocycles. The number of benzene rings is 2. The Kier molecular flexibility index (Phi) is 6.78. The first-order valence-electron chi connectivity index (χ1n) is 9.11. The van der Waals surface area contributed by atoms with E-state index in [1.54, 1.807) is 18.2 Å². The number of carbonyl (C=O) groups excluding carboxylic acids is 2. The number of piperazine rings is 1. The summed E-state index contributed by atoms with van der Waals surface area (Å²) in [6.45, 7) is -0.908. The first-order chi connectivity index (χ1) is 14.0. The molecule has 2 aromatic carbocycles. The minimum absolute atomic E-state index is 0.0000921. The quantitative estimate of drug-likeness (QED) is 0.700. The van der Waals surface area contributed by atoms with E-state index in [-0.39, 0.29) is 17.6 Å². The first-order valence-corrected chi connectivity index (χ1v) is 9.11. The molecule has 1 aliphatic rings. The number of hydrogen-bond donors (Lipinski definition) is 2. The van der Waals surface area contributed by atoms with Crippen molar-refractivity contribution in [3.05, 3.63) is 65.7 Å². The molecule has 0 radical (unpaired) electrons. The summed E-state index contributed by atoms with van der Waals surface area (Å²) in [6, 6.07) is 13.8. The van der Waals surface area contributed by atoms with E-state index in [4.69, 9.17) is 0 Å². The molecular formula is C21H21F2N3O3. The SMILES string of the molecule is O=C(/C=C/c1ccccc1OC(F)F)NCc1ccc(N2CCNC(=O)C2)cc1. The molecule has 0 unspecified atom stereocenters. The van der Waals surface area contributed by atoms with Gasteiger partial charge in [-0.25, -0.2) is 0 Å². The zero-order chi connectivity index (χ0) is 20.6. The highest BCUT2D eigenvalue weighted by atomic mass is 19.3. The summed E-state index contributed by atoms with van der Waals surface area (Å²) in [7, 11) is 0. The van der Waals surface area contributed by atoms with Gasteiger partial charge in [-0.1, -0.05) is 30.3 Å². The maximum Gasteiger partial charge on any atom is 0.387 e. The average Bonchev–Trinajstić information content (AvgIpc) is 2.71. The van der Waals surface area contributed by atoms with Crippen molar-refractivity contribution in [2.24, 2.45) is 0 Å². The predicted molar refractivity (Wildman–Crippen MR) is 106 cm³/mol. The lowest BCUT2D eigenvalue weighted by Crippen LogP contribution is -2.47. The number of nitrogens with one attached hydrogen (secondary N) is 2. The van der Waals surface area contributed by atoms with Gasteiger partial charge in [0, 0.05) is 37.0 Å². The van der Waals surface area contributed by atoms with Gasteiger partial charge in [0.25, 0.3) is 0 Å². The number of nitrogens with zero attached hydrogens (tertiary/aromatic N) is 1. The van der Waals surface area contributed by atoms with Crippen molar-refractivity contribution in [2.75, 3.05) is 24.5 Å². The molecule has 0 atom stereocenters. The maximum absolute atomic E-state index is 12.4. The van der Waals surface area contributed by atoms with E-state index in [2.05, 4.69) is 15.4 Å². The molecular weight excluding hydrogens is 380 g/mol. The van der Waals surface area contributed by atoms with Crippen LogP contribution in [0.25, 0.3) is 6.08 Å². The second-order valence-corrected chi connectivity index (χ2v) is 6.41. The summed E-state index contributed by atoms with van der Waals surface area (Å²) in [6.07, 6.45) is 2.70. The Labute approximate surface area is 167 Å². The molecule has 6 nitrogen and oxygen atoms in total. The Hall–Kier alpha value is -3.42. The topological polar surface area (TPSA) is 70.7 Å². The highest BCUT2D eigenvalue weighted by Gasteiger charge is 2.16. The second kappa shape index (κ2) is 9.68. The van der Waals surface area contributed by atoms with Gasteiger partial charge in [0.05, 0.1) is 6.54 Å². The molecule has 3 rings (SSSR count). The molecule has 2 N–H and O–H groups in total. The van der Waals surface area contributed by atoms with Crippen LogP contribution in [0.3, 0.4) is 0 Å². The standard InChI is InChI=1S/C21H21F2N3O3/c22-21(23)29-18-4-2-1-3-16(18)7-10-19(27)25-13-15-5-8-17(9-6-15)26-12-11-24-20(28)14-26/h1-10,21H,11-14H2,(H,24,28)(H,25,27)/b10-7+. The fraction of sp³-hybridized carbons (Fsp3) is 0.238. The van der Waals surface area contributed by atoms with E-state index in [0.29, 0.717) is 25.2 Å². The van der Waals surface area contributed by atoms with Crippen molar-refractivity contribution < 1.29 is 23.1 Å². The van der Waals surface area contributed by atoms with E-state index < -0.39 is 6.61 Å². The third kappa shape index (κ3) is 6.03. The maximum atomic E-state index is 12.4. The summed E-state index contributed by atoms with van der Waals surface area (Å²) < 4.78 is 29.3. The fourth-order valence-electron chi connectivity index (χ4n) is 2.92. The lowest BCUT2D eigenvalue weighted by molar-refractivity contribution is -0.120. The highest BCUT2D eigenvalue weighted by Crippen LogP contribution is 2.21. The van der Waals surface area contributed by atoms with Crippen molar-refractivity contribution >= 4 is 23.6 Å². The molecule has 2 aromatic rings. The molecule has 2 amide bonds. The Morgan fingerprint density at radius 3 is 2.69 bits per heavy atom. The molecule has 1 aliphatic heterocycles. The number of alkyl halides is 2. The number of para-hydroxylation sites is 1. The van der Waals surface area contributed by atoms with Gasteiger partial charge in [0.15, 0.2) is 0 Å². The molecule has 1 saturated heterocycles. The van der Waals surface area contributed by atoms with Crippen LogP contribution in [0.4, 0.5) is 14.5 Å². The summed E-state index contributed by atoms with van der Waals surface area (Å²) in [5.41, 5.74) is 2.24. The summed E-state index contributed by atoms with van der Waals surface area (Å²) in [5.74, 6) is -0.345. The number of amides is 2. The van der Waals surface area contributed by atoms with Crippen molar-refractivity contribution in [3.63, 3.8) is 0 Å². The Bertz CT molecular complexity index is 885. The number of anilines is 1. The van der Waals surface area contributed by atoms with Crippen LogP contribution in [0.1, 0.15) is 11.1 Å². The van der Waals surface area contributed by atoms with Gasteiger partial charge >= 0.3 is 6.61 Å². The lowest BCUT2D eigenvalue weighted by atomic mass is 10.1. The number of hydrogen-bond acceptors (Lipinski definition) is 4.